The van der Waals surface area contributed by atoms with E-state index in [1.54, 1.807) is 0 Å². The summed E-state index contributed by atoms with van der Waals surface area (Å²) in [7, 11) is 0. The summed E-state index contributed by atoms with van der Waals surface area (Å²) in [5, 5.41) is 0. The fraction of sp³-hybridized carbons (Fsp3) is 0.500. The number of hydrogen-bond donors (Lipinski definition) is 1. The highest BCUT2D eigenvalue weighted by atomic mass is 14.5. The lowest BCUT2D eigenvalue weighted by Gasteiger charge is -2.00. The Morgan fingerprint density at radius 1 is 1.15 bits per heavy atom. The molecule has 0 aliphatic heterocycles. The van der Waals surface area contributed by atoms with Crippen molar-refractivity contribution in [3.63, 3.8) is 0 Å². The van der Waals surface area contributed by atoms with E-state index in [2.05, 4.69) is 31.2 Å². The largest absolute Gasteiger partial charge is 0.330 e. The van der Waals surface area contributed by atoms with Gasteiger partial charge in [-0.1, -0.05) is 45.0 Å². The lowest BCUT2D eigenvalue weighted by Crippen LogP contribution is -2.02. The Morgan fingerprint density at radius 2 is 1.77 bits per heavy atom. The predicted molar refractivity (Wildman–Crippen MR) is 59.9 cm³/mol. The van der Waals surface area contributed by atoms with Crippen molar-refractivity contribution in [3.05, 3.63) is 35.4 Å². The average molecular weight is 179 g/mol. The summed E-state index contributed by atoms with van der Waals surface area (Å²) in [5.74, 6) is 0. The molecule has 0 aliphatic rings. The van der Waals surface area contributed by atoms with Crippen LogP contribution in [0.5, 0.6) is 0 Å². The molecule has 0 amide bonds. The standard InChI is InChI=1S/C10H15N.C2H6/c1-2-9-4-3-5-10(8-9)6-7-11;1-2/h3-5,8H,2,6-7,11H2,1H3;1-2H3. The van der Waals surface area contributed by atoms with Crippen LogP contribution in [0.1, 0.15) is 31.9 Å². The van der Waals surface area contributed by atoms with Crippen LogP contribution in [-0.4, -0.2) is 6.54 Å². The van der Waals surface area contributed by atoms with Gasteiger partial charge in [0.05, 0.1) is 0 Å². The fourth-order valence-electron chi connectivity index (χ4n) is 1.17. The van der Waals surface area contributed by atoms with Gasteiger partial charge < -0.3 is 5.73 Å². The van der Waals surface area contributed by atoms with Gasteiger partial charge in [-0.2, -0.15) is 0 Å². The van der Waals surface area contributed by atoms with Crippen molar-refractivity contribution in [2.24, 2.45) is 5.73 Å². The van der Waals surface area contributed by atoms with E-state index in [-0.39, 0.29) is 0 Å². The minimum Gasteiger partial charge on any atom is -0.330 e. The van der Waals surface area contributed by atoms with Crippen molar-refractivity contribution in [1.29, 1.82) is 0 Å². The summed E-state index contributed by atoms with van der Waals surface area (Å²) in [6.45, 7) is 6.91. The van der Waals surface area contributed by atoms with Crippen molar-refractivity contribution in [1.82, 2.24) is 0 Å². The van der Waals surface area contributed by atoms with Crippen molar-refractivity contribution in [3.8, 4) is 0 Å². The lowest BCUT2D eigenvalue weighted by molar-refractivity contribution is 0.962. The Morgan fingerprint density at radius 3 is 2.31 bits per heavy atom. The molecule has 0 spiro atoms. The van der Waals surface area contributed by atoms with E-state index in [0.29, 0.717) is 0 Å². The Hall–Kier alpha value is -0.820. The first-order valence-electron chi connectivity index (χ1n) is 5.14. The van der Waals surface area contributed by atoms with Crippen LogP contribution in [0.15, 0.2) is 24.3 Å². The third kappa shape index (κ3) is 4.69. The summed E-state index contributed by atoms with van der Waals surface area (Å²) in [6, 6.07) is 8.61. The molecule has 1 aromatic carbocycles. The van der Waals surface area contributed by atoms with E-state index in [0.717, 1.165) is 19.4 Å². The first-order chi connectivity index (χ1) is 6.36. The summed E-state index contributed by atoms with van der Waals surface area (Å²) < 4.78 is 0. The maximum Gasteiger partial charge on any atom is -0.00367 e. The average Bonchev–Trinajstić information content (AvgIpc) is 2.22. The molecule has 0 heterocycles. The second-order valence-electron chi connectivity index (χ2n) is 2.71. The second-order valence-corrected chi connectivity index (χ2v) is 2.71. The Bertz CT molecular complexity index is 218. The molecule has 0 bridgehead atoms. The second kappa shape index (κ2) is 7.81. The molecule has 0 aliphatic carbocycles. The number of aryl methyl sites for hydroxylation is 1. The summed E-state index contributed by atoms with van der Waals surface area (Å²) >= 11 is 0. The molecule has 2 N–H and O–H groups in total. The molecule has 0 atom stereocenters. The molecule has 1 rings (SSSR count). The lowest BCUT2D eigenvalue weighted by atomic mass is 10.1. The van der Waals surface area contributed by atoms with Gasteiger partial charge in [-0.3, -0.25) is 0 Å². The third-order valence-corrected chi connectivity index (χ3v) is 1.83. The molecule has 0 aromatic heterocycles. The molecule has 1 heteroatoms. The molecule has 0 saturated carbocycles. The minimum absolute atomic E-state index is 0.743. The van der Waals surface area contributed by atoms with Crippen molar-refractivity contribution >= 4 is 0 Å². The van der Waals surface area contributed by atoms with E-state index in [1.807, 2.05) is 13.8 Å². The van der Waals surface area contributed by atoms with Crippen LogP contribution in [-0.2, 0) is 12.8 Å². The van der Waals surface area contributed by atoms with Crippen LogP contribution in [0.25, 0.3) is 0 Å². The Balaban J connectivity index is 0.000000671. The summed E-state index contributed by atoms with van der Waals surface area (Å²) in [6.07, 6.45) is 2.10. The topological polar surface area (TPSA) is 26.0 Å². The smallest absolute Gasteiger partial charge is 0.00367 e. The van der Waals surface area contributed by atoms with Crippen molar-refractivity contribution in [2.75, 3.05) is 6.54 Å². The number of hydrogen-bond acceptors (Lipinski definition) is 1. The zero-order chi connectivity index (χ0) is 10.1. The molecule has 13 heavy (non-hydrogen) atoms. The Kier molecular flexibility index (Phi) is 7.32. The molecular weight excluding hydrogens is 158 g/mol. The van der Waals surface area contributed by atoms with Gasteiger partial charge in [0.2, 0.25) is 0 Å². The molecule has 1 nitrogen and oxygen atoms in total. The number of rotatable bonds is 3. The van der Waals surface area contributed by atoms with Gasteiger partial charge in [0.15, 0.2) is 0 Å². The van der Waals surface area contributed by atoms with E-state index >= 15 is 0 Å². The van der Waals surface area contributed by atoms with Crippen LogP contribution < -0.4 is 5.73 Å². The third-order valence-electron chi connectivity index (χ3n) is 1.83. The predicted octanol–water partition coefficient (Wildman–Crippen LogP) is 2.78. The number of nitrogens with two attached hydrogens (primary N) is 1. The first kappa shape index (κ1) is 12.2. The van der Waals surface area contributed by atoms with Crippen LogP contribution in [0.3, 0.4) is 0 Å². The maximum atomic E-state index is 5.45. The summed E-state index contributed by atoms with van der Waals surface area (Å²) in [5.41, 5.74) is 8.20. The molecular formula is C12H21N. The van der Waals surface area contributed by atoms with E-state index in [9.17, 15) is 0 Å². The van der Waals surface area contributed by atoms with Gasteiger partial charge in [-0.05, 0) is 30.5 Å². The Labute approximate surface area is 82.0 Å². The highest BCUT2D eigenvalue weighted by Gasteiger charge is 1.91. The zero-order valence-corrected chi connectivity index (χ0v) is 9.01. The van der Waals surface area contributed by atoms with Crippen molar-refractivity contribution in [2.45, 2.75) is 33.6 Å². The molecule has 0 radical (unpaired) electrons. The van der Waals surface area contributed by atoms with E-state index in [1.165, 1.54) is 11.1 Å². The quantitative estimate of drug-likeness (QED) is 0.758. The molecule has 1 aromatic rings. The maximum absolute atomic E-state index is 5.45. The van der Waals surface area contributed by atoms with Crippen LogP contribution in [0, 0.1) is 0 Å². The molecule has 74 valence electrons. The van der Waals surface area contributed by atoms with Gasteiger partial charge in [-0.25, -0.2) is 0 Å². The van der Waals surface area contributed by atoms with Crippen LogP contribution >= 0.6 is 0 Å². The highest BCUT2D eigenvalue weighted by molar-refractivity contribution is 5.23. The first-order valence-corrected chi connectivity index (χ1v) is 5.14. The van der Waals surface area contributed by atoms with E-state index < -0.39 is 0 Å². The normalized spacial score (nSPS) is 8.92. The van der Waals surface area contributed by atoms with Crippen molar-refractivity contribution < 1.29 is 0 Å². The van der Waals surface area contributed by atoms with Gasteiger partial charge in [0.25, 0.3) is 0 Å². The molecule has 0 unspecified atom stereocenters. The van der Waals surface area contributed by atoms with E-state index in [4.69, 9.17) is 5.73 Å². The van der Waals surface area contributed by atoms with Gasteiger partial charge >= 0.3 is 0 Å². The van der Waals surface area contributed by atoms with Gasteiger partial charge in [0.1, 0.15) is 0 Å². The van der Waals surface area contributed by atoms with Gasteiger partial charge in [-0.15, -0.1) is 0 Å². The molecule has 0 fully saturated rings. The van der Waals surface area contributed by atoms with Gasteiger partial charge in [0, 0.05) is 0 Å². The zero-order valence-electron chi connectivity index (χ0n) is 9.01. The fourth-order valence-corrected chi connectivity index (χ4v) is 1.17. The highest BCUT2D eigenvalue weighted by Crippen LogP contribution is 2.05. The van der Waals surface area contributed by atoms with Crippen LogP contribution in [0.2, 0.25) is 0 Å². The number of benzene rings is 1. The monoisotopic (exact) mass is 179 g/mol. The minimum atomic E-state index is 0.743. The summed E-state index contributed by atoms with van der Waals surface area (Å²) in [4.78, 5) is 0. The SMILES string of the molecule is CC.CCc1cccc(CCN)c1. The molecule has 0 saturated heterocycles. The van der Waals surface area contributed by atoms with Crippen LogP contribution in [0.4, 0.5) is 0 Å².